The second-order valence-corrected chi connectivity index (χ2v) is 6.09. The Morgan fingerprint density at radius 2 is 2.23 bits per heavy atom. The Balaban J connectivity index is 2.07. The van der Waals surface area contributed by atoms with E-state index in [0.29, 0.717) is 23.8 Å². The number of rotatable bonds is 3. The van der Waals surface area contributed by atoms with Crippen molar-refractivity contribution in [2.24, 2.45) is 12.0 Å². The molecule has 0 saturated carbocycles. The van der Waals surface area contributed by atoms with Gasteiger partial charge in [0, 0.05) is 31.2 Å². The zero-order valence-electron chi connectivity index (χ0n) is 12.4. The van der Waals surface area contributed by atoms with E-state index in [4.69, 9.17) is 9.84 Å². The van der Waals surface area contributed by atoms with Crippen LogP contribution in [0.2, 0.25) is 0 Å². The lowest BCUT2D eigenvalue weighted by molar-refractivity contribution is 0.132. The van der Waals surface area contributed by atoms with Gasteiger partial charge in [-0.1, -0.05) is 12.7 Å². The second-order valence-electron chi connectivity index (χ2n) is 5.05. The van der Waals surface area contributed by atoms with E-state index in [-0.39, 0.29) is 6.61 Å². The van der Waals surface area contributed by atoms with Crippen molar-refractivity contribution in [3.8, 4) is 0 Å². The fourth-order valence-electron chi connectivity index (χ4n) is 2.34. The lowest BCUT2D eigenvalue weighted by atomic mass is 9.96. The minimum absolute atomic E-state index is 0.137. The van der Waals surface area contributed by atoms with Crippen molar-refractivity contribution >= 4 is 23.5 Å². The monoisotopic (exact) mass is 325 g/mol. The van der Waals surface area contributed by atoms with Crippen LogP contribution >= 0.6 is 11.3 Å². The number of thiazole rings is 1. The minimum Gasteiger partial charge on any atom is -0.465 e. The van der Waals surface area contributed by atoms with Crippen molar-refractivity contribution in [3.63, 3.8) is 0 Å². The number of likely N-dealkylation sites (tertiary alicyclic amines) is 1. The molecule has 2 amide bonds. The highest BCUT2D eigenvalue weighted by Crippen LogP contribution is 2.29. The average Bonchev–Trinajstić information content (AvgIpc) is 2.86. The Hall–Kier alpha value is -2.09. The molecule has 8 heteroatoms. The molecule has 120 valence electrons. The van der Waals surface area contributed by atoms with Crippen LogP contribution in [-0.4, -0.2) is 46.5 Å². The molecule has 1 aromatic rings. The van der Waals surface area contributed by atoms with Gasteiger partial charge >= 0.3 is 12.2 Å². The molecule has 0 aliphatic carbocycles. The summed E-state index contributed by atoms with van der Waals surface area (Å²) >= 11 is 1.44. The van der Waals surface area contributed by atoms with Crippen molar-refractivity contribution < 1.29 is 19.4 Å². The summed E-state index contributed by atoms with van der Waals surface area (Å²) in [5, 5.41) is 8.96. The van der Waals surface area contributed by atoms with Crippen LogP contribution in [0.1, 0.15) is 23.6 Å². The third-order valence-corrected chi connectivity index (χ3v) is 4.75. The molecule has 0 spiro atoms. The Kier molecular flexibility index (Phi) is 5.37. The standard InChI is InChI=1S/C14H19N3O4S/c1-3-8-21-13(18)15-12-16(2)9-11(22-12)10-4-6-17(7-5-10)14(19)20/h3,9-10H,1,4-8H2,2H3,(H,19,20)/b15-12-. The summed E-state index contributed by atoms with van der Waals surface area (Å²) in [6.07, 6.45) is 3.51. The molecule has 1 fully saturated rings. The number of carboxylic acid groups (broad SMARTS) is 1. The van der Waals surface area contributed by atoms with Crippen LogP contribution < -0.4 is 4.80 Å². The van der Waals surface area contributed by atoms with Gasteiger partial charge in [-0.3, -0.25) is 0 Å². The van der Waals surface area contributed by atoms with Crippen LogP contribution in [-0.2, 0) is 11.8 Å². The number of ether oxygens (including phenoxy) is 1. The molecule has 0 aromatic carbocycles. The molecule has 0 bridgehead atoms. The van der Waals surface area contributed by atoms with Gasteiger partial charge in [0.25, 0.3) is 0 Å². The fourth-order valence-corrected chi connectivity index (χ4v) is 3.48. The Morgan fingerprint density at radius 3 is 2.82 bits per heavy atom. The van der Waals surface area contributed by atoms with Crippen molar-refractivity contribution in [3.05, 3.63) is 28.5 Å². The molecule has 0 unspecified atom stereocenters. The van der Waals surface area contributed by atoms with E-state index in [1.807, 2.05) is 13.2 Å². The summed E-state index contributed by atoms with van der Waals surface area (Å²) in [7, 11) is 1.83. The Labute approximate surface area is 132 Å². The zero-order chi connectivity index (χ0) is 16.1. The van der Waals surface area contributed by atoms with E-state index in [1.165, 1.54) is 22.3 Å². The van der Waals surface area contributed by atoms with E-state index in [0.717, 1.165) is 17.7 Å². The van der Waals surface area contributed by atoms with Crippen molar-refractivity contribution in [1.29, 1.82) is 0 Å². The molecule has 1 N–H and O–H groups in total. The SMILES string of the molecule is C=CCOC(=O)/N=c1\sc(C2CCN(C(=O)O)CC2)cn1C. The highest BCUT2D eigenvalue weighted by molar-refractivity contribution is 7.09. The second kappa shape index (κ2) is 7.26. The molecule has 1 aromatic heterocycles. The highest BCUT2D eigenvalue weighted by Gasteiger charge is 2.24. The first-order valence-electron chi connectivity index (χ1n) is 6.98. The number of carbonyl (C=O) groups excluding carboxylic acids is 1. The lowest BCUT2D eigenvalue weighted by Gasteiger charge is -2.29. The molecule has 1 saturated heterocycles. The van der Waals surface area contributed by atoms with Gasteiger partial charge < -0.3 is 19.3 Å². The number of carbonyl (C=O) groups is 2. The quantitative estimate of drug-likeness (QED) is 0.863. The first-order valence-corrected chi connectivity index (χ1v) is 7.79. The van der Waals surface area contributed by atoms with Gasteiger partial charge in [-0.25, -0.2) is 9.59 Å². The van der Waals surface area contributed by atoms with Crippen molar-refractivity contribution in [1.82, 2.24) is 9.47 Å². The van der Waals surface area contributed by atoms with Gasteiger partial charge in [-0.15, -0.1) is 16.3 Å². The van der Waals surface area contributed by atoms with E-state index in [2.05, 4.69) is 11.6 Å². The third kappa shape index (κ3) is 3.97. The summed E-state index contributed by atoms with van der Waals surface area (Å²) in [6.45, 7) is 4.68. The van der Waals surface area contributed by atoms with E-state index in [9.17, 15) is 9.59 Å². The van der Waals surface area contributed by atoms with Gasteiger partial charge in [0.1, 0.15) is 6.61 Å². The average molecular weight is 325 g/mol. The molecule has 22 heavy (non-hydrogen) atoms. The molecule has 0 atom stereocenters. The highest BCUT2D eigenvalue weighted by atomic mass is 32.1. The number of aryl methyl sites for hydroxylation is 1. The van der Waals surface area contributed by atoms with Gasteiger partial charge in [0.15, 0.2) is 4.80 Å². The number of piperidine rings is 1. The molecular formula is C14H19N3O4S. The summed E-state index contributed by atoms with van der Waals surface area (Å²) < 4.78 is 6.63. The maximum absolute atomic E-state index is 11.5. The molecule has 2 heterocycles. The fraction of sp³-hybridized carbons (Fsp3) is 0.500. The number of amides is 2. The predicted molar refractivity (Wildman–Crippen MR) is 82.0 cm³/mol. The van der Waals surface area contributed by atoms with Gasteiger partial charge in [-0.05, 0) is 18.8 Å². The molecule has 2 rings (SSSR count). The topological polar surface area (TPSA) is 84.1 Å². The van der Waals surface area contributed by atoms with E-state index < -0.39 is 12.2 Å². The first-order chi connectivity index (χ1) is 10.5. The van der Waals surface area contributed by atoms with Crippen LogP contribution in [0.15, 0.2) is 23.8 Å². The Bertz CT molecular complexity index is 626. The van der Waals surface area contributed by atoms with Gasteiger partial charge in [-0.2, -0.15) is 0 Å². The summed E-state index contributed by atoms with van der Waals surface area (Å²) in [6, 6.07) is 0. The number of nitrogens with zero attached hydrogens (tertiary/aromatic N) is 3. The van der Waals surface area contributed by atoms with Crippen LogP contribution in [0, 0.1) is 0 Å². The number of aromatic nitrogens is 1. The van der Waals surface area contributed by atoms with Gasteiger partial charge in [0.2, 0.25) is 0 Å². The number of hydrogen-bond donors (Lipinski definition) is 1. The largest absolute Gasteiger partial charge is 0.465 e. The minimum atomic E-state index is -0.865. The van der Waals surface area contributed by atoms with Crippen LogP contribution in [0.3, 0.4) is 0 Å². The van der Waals surface area contributed by atoms with Crippen LogP contribution in [0.5, 0.6) is 0 Å². The Morgan fingerprint density at radius 1 is 1.55 bits per heavy atom. The molecule has 1 aliphatic rings. The summed E-state index contributed by atoms with van der Waals surface area (Å²) in [5.74, 6) is 0.306. The maximum Gasteiger partial charge on any atom is 0.436 e. The maximum atomic E-state index is 11.5. The van der Waals surface area contributed by atoms with Crippen molar-refractivity contribution in [2.75, 3.05) is 19.7 Å². The summed E-state index contributed by atoms with van der Waals surface area (Å²) in [4.78, 5) is 29.5. The lowest BCUT2D eigenvalue weighted by Crippen LogP contribution is -2.36. The molecule has 1 aliphatic heterocycles. The van der Waals surface area contributed by atoms with Gasteiger partial charge in [0.05, 0.1) is 0 Å². The van der Waals surface area contributed by atoms with Crippen molar-refractivity contribution in [2.45, 2.75) is 18.8 Å². The van der Waals surface area contributed by atoms with E-state index in [1.54, 1.807) is 4.57 Å². The van der Waals surface area contributed by atoms with E-state index >= 15 is 0 Å². The normalized spacial score (nSPS) is 16.6. The molecular weight excluding hydrogens is 306 g/mol. The predicted octanol–water partition coefficient (Wildman–Crippen LogP) is 2.17. The first kappa shape index (κ1) is 16.3. The van der Waals surface area contributed by atoms with Crippen LogP contribution in [0.4, 0.5) is 9.59 Å². The smallest absolute Gasteiger partial charge is 0.436 e. The number of hydrogen-bond acceptors (Lipinski definition) is 4. The third-order valence-electron chi connectivity index (χ3n) is 3.51. The van der Waals surface area contributed by atoms with Crippen LogP contribution in [0.25, 0.3) is 0 Å². The molecule has 0 radical (unpaired) electrons. The zero-order valence-corrected chi connectivity index (χ0v) is 13.2. The summed E-state index contributed by atoms with van der Waals surface area (Å²) in [5.41, 5.74) is 0. The molecule has 7 nitrogen and oxygen atoms in total.